The van der Waals surface area contributed by atoms with Crippen molar-refractivity contribution in [2.75, 3.05) is 0 Å². The van der Waals surface area contributed by atoms with Crippen molar-refractivity contribution in [3.63, 3.8) is 0 Å². The number of hydrogen-bond donors (Lipinski definition) is 0. The van der Waals surface area contributed by atoms with E-state index in [4.69, 9.17) is 0 Å². The SMILES string of the molecule is N#CC(C#N)=C1C2=C(C(=C(C#N)C#N)c3cccc(-c4cccc(OC(F)(F)F)c4C#N)c32)c2c1cccc2-c1cccc(OC(F)(F)F)c1C#N. The van der Waals surface area contributed by atoms with Gasteiger partial charge in [-0.3, -0.25) is 0 Å². The maximum atomic E-state index is 13.4. The molecule has 0 fully saturated rings. The Morgan fingerprint density at radius 2 is 0.750 bits per heavy atom. The van der Waals surface area contributed by atoms with E-state index in [1.807, 2.05) is 24.3 Å². The Hall–Kier alpha value is -7.78. The molecule has 0 bridgehead atoms. The summed E-state index contributed by atoms with van der Waals surface area (Å²) in [6, 6.07) is 26.5. The second-order valence-electron chi connectivity index (χ2n) is 10.8. The molecule has 0 heterocycles. The molecule has 52 heavy (non-hydrogen) atoms. The van der Waals surface area contributed by atoms with Crippen LogP contribution < -0.4 is 9.47 Å². The molecular formula is C38H12F6N6O2. The van der Waals surface area contributed by atoms with Crippen molar-refractivity contribution < 1.29 is 35.8 Å². The zero-order valence-corrected chi connectivity index (χ0v) is 25.7. The summed E-state index contributed by atoms with van der Waals surface area (Å²) in [7, 11) is 0. The van der Waals surface area contributed by atoms with Gasteiger partial charge < -0.3 is 9.47 Å². The van der Waals surface area contributed by atoms with E-state index in [0.717, 1.165) is 12.1 Å². The van der Waals surface area contributed by atoms with Gasteiger partial charge in [0.25, 0.3) is 0 Å². The van der Waals surface area contributed by atoms with Crippen LogP contribution in [0, 0.1) is 68.0 Å². The van der Waals surface area contributed by atoms with Gasteiger partial charge in [0.1, 0.15) is 70.2 Å². The normalized spacial score (nSPS) is 12.5. The number of fused-ring (bicyclic) bond motifs is 4. The highest BCUT2D eigenvalue weighted by Crippen LogP contribution is 2.62. The Labute approximate surface area is 289 Å². The van der Waals surface area contributed by atoms with Gasteiger partial charge in [0.2, 0.25) is 0 Å². The third-order valence-corrected chi connectivity index (χ3v) is 8.17. The average Bonchev–Trinajstić information content (AvgIpc) is 3.61. The Morgan fingerprint density at radius 1 is 0.442 bits per heavy atom. The fourth-order valence-corrected chi connectivity index (χ4v) is 6.48. The molecular weight excluding hydrogens is 686 g/mol. The highest BCUT2D eigenvalue weighted by Gasteiger charge is 2.43. The van der Waals surface area contributed by atoms with Crippen LogP contribution in [0.2, 0.25) is 0 Å². The standard InChI is InChI=1S/C38H12F6N6O2/c39-37(40,41)51-29-11-3-5-21(27(29)17-49)23-7-1-9-25-31(19(13-45)14-46)35-34-24(22-6-4-12-30(28(22)18-50)52-38(42,43)44)8-2-10-26(34)32(20(15-47)16-48)36(35)33(23)25/h1-12H. The van der Waals surface area contributed by atoms with Crippen LogP contribution in [0.3, 0.4) is 0 Å². The van der Waals surface area contributed by atoms with E-state index >= 15 is 0 Å². The Bertz CT molecular complexity index is 2410. The van der Waals surface area contributed by atoms with Gasteiger partial charge in [0.05, 0.1) is 0 Å². The molecule has 0 amide bonds. The van der Waals surface area contributed by atoms with Gasteiger partial charge in [-0.25, -0.2) is 0 Å². The first kappa shape index (κ1) is 34.1. The van der Waals surface area contributed by atoms with Crippen LogP contribution in [-0.2, 0) is 0 Å². The lowest BCUT2D eigenvalue weighted by Crippen LogP contribution is -2.18. The summed E-state index contributed by atoms with van der Waals surface area (Å²) in [5, 5.41) is 60.8. The van der Waals surface area contributed by atoms with E-state index in [1.165, 1.54) is 60.7 Å². The molecule has 0 spiro atoms. The van der Waals surface area contributed by atoms with Gasteiger partial charge in [-0.15, -0.1) is 26.3 Å². The largest absolute Gasteiger partial charge is 0.573 e. The van der Waals surface area contributed by atoms with Crippen molar-refractivity contribution in [2.45, 2.75) is 12.7 Å². The molecule has 0 radical (unpaired) electrons. The van der Waals surface area contributed by atoms with Crippen LogP contribution >= 0.6 is 0 Å². The van der Waals surface area contributed by atoms with Crippen molar-refractivity contribution >= 4 is 22.3 Å². The second kappa shape index (κ2) is 12.6. The summed E-state index contributed by atoms with van der Waals surface area (Å²) < 4.78 is 88.4. The van der Waals surface area contributed by atoms with Crippen LogP contribution in [0.4, 0.5) is 26.3 Å². The molecule has 0 aromatic heterocycles. The lowest BCUT2D eigenvalue weighted by molar-refractivity contribution is -0.275. The first-order valence-corrected chi connectivity index (χ1v) is 14.5. The molecule has 6 rings (SSSR count). The molecule has 14 heteroatoms. The molecule has 248 valence electrons. The minimum atomic E-state index is -5.17. The lowest BCUT2D eigenvalue weighted by atomic mass is 9.83. The molecule has 0 atom stereocenters. The fourth-order valence-electron chi connectivity index (χ4n) is 6.48. The summed E-state index contributed by atoms with van der Waals surface area (Å²) in [6.07, 6.45) is -10.3. The third kappa shape index (κ3) is 5.50. The third-order valence-electron chi connectivity index (χ3n) is 8.17. The van der Waals surface area contributed by atoms with Gasteiger partial charge in [0, 0.05) is 33.4 Å². The highest BCUT2D eigenvalue weighted by atomic mass is 19.4. The van der Waals surface area contributed by atoms with E-state index in [9.17, 15) is 57.9 Å². The van der Waals surface area contributed by atoms with Crippen molar-refractivity contribution in [1.82, 2.24) is 0 Å². The molecule has 8 nitrogen and oxygen atoms in total. The summed E-state index contributed by atoms with van der Waals surface area (Å²) in [5.74, 6) is -1.65. The van der Waals surface area contributed by atoms with Gasteiger partial charge in [-0.2, -0.15) is 31.6 Å². The van der Waals surface area contributed by atoms with Crippen molar-refractivity contribution in [3.8, 4) is 70.2 Å². The molecule has 2 aliphatic rings. The number of allylic oxidation sites excluding steroid dienone is 6. The van der Waals surface area contributed by atoms with Crippen LogP contribution in [0.15, 0.2) is 83.9 Å². The van der Waals surface area contributed by atoms with Gasteiger partial charge in [-0.05, 0) is 45.5 Å². The number of nitrogens with zero attached hydrogens (tertiary/aromatic N) is 6. The zero-order valence-electron chi connectivity index (χ0n) is 25.7. The Kier molecular flexibility index (Phi) is 8.26. The topological polar surface area (TPSA) is 161 Å². The number of ether oxygens (including phenoxy) is 2. The maximum absolute atomic E-state index is 13.4. The number of benzene rings is 4. The number of alkyl halides is 6. The van der Waals surface area contributed by atoms with Crippen LogP contribution in [-0.4, -0.2) is 12.7 Å². The minimum absolute atomic E-state index is 0.0295. The Morgan fingerprint density at radius 3 is 1.06 bits per heavy atom. The Balaban J connectivity index is 1.80. The zero-order chi connectivity index (χ0) is 37.5. The minimum Gasteiger partial charge on any atom is -0.404 e. The highest BCUT2D eigenvalue weighted by molar-refractivity contribution is 6.40. The first-order valence-electron chi connectivity index (χ1n) is 14.5. The van der Waals surface area contributed by atoms with E-state index in [-0.39, 0.29) is 66.8 Å². The molecule has 4 aromatic rings. The van der Waals surface area contributed by atoms with Crippen LogP contribution in [0.25, 0.3) is 44.5 Å². The van der Waals surface area contributed by atoms with Gasteiger partial charge in [0.15, 0.2) is 0 Å². The van der Waals surface area contributed by atoms with E-state index in [1.54, 1.807) is 12.1 Å². The van der Waals surface area contributed by atoms with Crippen molar-refractivity contribution in [3.05, 3.63) is 117 Å². The molecule has 0 saturated carbocycles. The molecule has 0 saturated heterocycles. The first-order chi connectivity index (χ1) is 24.8. The van der Waals surface area contributed by atoms with E-state index in [2.05, 4.69) is 9.47 Å². The van der Waals surface area contributed by atoms with E-state index < -0.39 is 46.5 Å². The maximum Gasteiger partial charge on any atom is 0.573 e. The number of nitriles is 6. The number of halogens is 6. The fraction of sp³-hybridized carbons (Fsp3) is 0.0526. The monoisotopic (exact) mass is 698 g/mol. The van der Waals surface area contributed by atoms with Crippen LogP contribution in [0.5, 0.6) is 11.5 Å². The quantitative estimate of drug-likeness (QED) is 0.151. The second-order valence-corrected chi connectivity index (χ2v) is 10.8. The van der Waals surface area contributed by atoms with Crippen LogP contribution in [0.1, 0.15) is 33.4 Å². The number of rotatable bonds is 4. The summed E-state index contributed by atoms with van der Waals surface area (Å²) >= 11 is 0. The number of hydrogen-bond acceptors (Lipinski definition) is 8. The lowest BCUT2D eigenvalue weighted by Gasteiger charge is -2.19. The van der Waals surface area contributed by atoms with E-state index in [0.29, 0.717) is 0 Å². The molecule has 2 aliphatic carbocycles. The van der Waals surface area contributed by atoms with Crippen molar-refractivity contribution in [2.24, 2.45) is 0 Å². The molecule has 0 unspecified atom stereocenters. The molecule has 0 N–H and O–H groups in total. The smallest absolute Gasteiger partial charge is 0.404 e. The summed E-state index contributed by atoms with van der Waals surface area (Å²) in [5.41, 5.74) is -1.26. The predicted molar refractivity (Wildman–Crippen MR) is 170 cm³/mol. The molecule has 4 aromatic carbocycles. The van der Waals surface area contributed by atoms with Gasteiger partial charge in [-0.1, -0.05) is 60.7 Å². The average molecular weight is 699 g/mol. The van der Waals surface area contributed by atoms with Gasteiger partial charge >= 0.3 is 12.7 Å². The summed E-state index contributed by atoms with van der Waals surface area (Å²) in [4.78, 5) is 0. The van der Waals surface area contributed by atoms with Crippen molar-refractivity contribution in [1.29, 1.82) is 31.6 Å². The predicted octanol–water partition coefficient (Wildman–Crippen LogP) is 9.10. The molecule has 0 aliphatic heterocycles. The summed E-state index contributed by atoms with van der Waals surface area (Å²) in [6.45, 7) is 0.